The lowest BCUT2D eigenvalue weighted by atomic mass is 9.88. The second-order valence-electron chi connectivity index (χ2n) is 8.07. The van der Waals surface area contributed by atoms with Crippen molar-refractivity contribution in [2.75, 3.05) is 26.2 Å². The fraction of sp³-hybridized carbons (Fsp3) is 0.476. The van der Waals surface area contributed by atoms with E-state index in [2.05, 4.69) is 6.92 Å². The van der Waals surface area contributed by atoms with E-state index in [1.807, 2.05) is 5.38 Å². The lowest BCUT2D eigenvalue weighted by molar-refractivity contribution is 0.0697. The number of nitrogens with zero attached hydrogens (tertiary/aromatic N) is 2. The summed E-state index contributed by atoms with van der Waals surface area (Å²) in [5, 5.41) is 12.0. The van der Waals surface area contributed by atoms with Crippen LogP contribution in [0.3, 0.4) is 0 Å². The molecule has 0 radical (unpaired) electrons. The van der Waals surface area contributed by atoms with Crippen molar-refractivity contribution in [1.82, 2.24) is 9.21 Å². The average molecular weight is 435 g/mol. The second kappa shape index (κ2) is 7.74. The topological polar surface area (TPSA) is 77.9 Å². The highest BCUT2D eigenvalue weighted by atomic mass is 32.2. The van der Waals surface area contributed by atoms with E-state index in [4.69, 9.17) is 0 Å². The standard InChI is InChI=1S/C21H26N2O4S2/c1-14-3-5-16-17(13-28-19(16)11-14)21(25)22-7-9-23(10-8-22)29(26,27)20-12-15(2)4-6-18(20)24/h4,6,12-14,24H,3,5,7-11H2,1-2H3. The summed E-state index contributed by atoms with van der Waals surface area (Å²) < 4.78 is 27.3. The van der Waals surface area contributed by atoms with E-state index in [9.17, 15) is 18.3 Å². The number of carbonyl (C=O) groups is 1. The molecule has 1 aromatic heterocycles. The normalized spacial score (nSPS) is 20.5. The molecule has 1 aliphatic heterocycles. The zero-order chi connectivity index (χ0) is 20.8. The smallest absolute Gasteiger partial charge is 0.255 e. The van der Waals surface area contributed by atoms with Crippen LogP contribution in [0.5, 0.6) is 5.75 Å². The molecule has 1 fully saturated rings. The van der Waals surface area contributed by atoms with Gasteiger partial charge in [0.25, 0.3) is 5.91 Å². The quantitative estimate of drug-likeness (QED) is 0.806. The number of carbonyl (C=O) groups excluding carboxylic acids is 1. The lowest BCUT2D eigenvalue weighted by Crippen LogP contribution is -2.50. The van der Waals surface area contributed by atoms with Crippen LogP contribution in [0.25, 0.3) is 0 Å². The molecule has 0 bridgehead atoms. The number of thiophene rings is 1. The molecule has 6 nitrogen and oxygen atoms in total. The highest BCUT2D eigenvalue weighted by molar-refractivity contribution is 7.89. The Balaban J connectivity index is 1.47. The number of aromatic hydroxyl groups is 1. The molecule has 156 valence electrons. The third kappa shape index (κ3) is 3.81. The summed E-state index contributed by atoms with van der Waals surface area (Å²) >= 11 is 1.67. The molecule has 1 N–H and O–H groups in total. The number of sulfonamides is 1. The number of hydrogen-bond donors (Lipinski definition) is 1. The molecule has 1 amide bonds. The van der Waals surface area contributed by atoms with Crippen molar-refractivity contribution in [2.45, 2.75) is 38.0 Å². The van der Waals surface area contributed by atoms with Crippen LogP contribution in [0.1, 0.15) is 39.7 Å². The molecule has 1 unspecified atom stereocenters. The van der Waals surface area contributed by atoms with Crippen LogP contribution in [0.4, 0.5) is 0 Å². The molecule has 1 atom stereocenters. The third-order valence-electron chi connectivity index (χ3n) is 5.89. The molecule has 2 aliphatic rings. The first-order chi connectivity index (χ1) is 13.8. The number of hydrogen-bond acceptors (Lipinski definition) is 5. The highest BCUT2D eigenvalue weighted by Gasteiger charge is 2.33. The molecule has 8 heteroatoms. The number of rotatable bonds is 3. The third-order valence-corrected chi connectivity index (χ3v) is 8.87. The van der Waals surface area contributed by atoms with Crippen molar-refractivity contribution in [3.05, 3.63) is 45.1 Å². The van der Waals surface area contributed by atoms with E-state index in [1.54, 1.807) is 29.2 Å². The van der Waals surface area contributed by atoms with Gasteiger partial charge in [-0.2, -0.15) is 4.31 Å². The summed E-state index contributed by atoms with van der Waals surface area (Å²) in [4.78, 5) is 16.1. The Kier molecular flexibility index (Phi) is 5.44. The first-order valence-corrected chi connectivity index (χ1v) is 12.3. The van der Waals surface area contributed by atoms with Gasteiger partial charge in [0.2, 0.25) is 10.0 Å². The second-order valence-corrected chi connectivity index (χ2v) is 10.9. The molecule has 4 rings (SSSR count). The average Bonchev–Trinajstić information content (AvgIpc) is 3.12. The van der Waals surface area contributed by atoms with Gasteiger partial charge >= 0.3 is 0 Å². The van der Waals surface area contributed by atoms with E-state index < -0.39 is 10.0 Å². The Morgan fingerprint density at radius 2 is 1.93 bits per heavy atom. The number of phenolic OH excluding ortho intramolecular Hbond substituents is 1. The maximum Gasteiger partial charge on any atom is 0.255 e. The molecular weight excluding hydrogens is 408 g/mol. The maximum atomic E-state index is 13.1. The minimum atomic E-state index is -3.79. The molecule has 2 aromatic rings. The van der Waals surface area contributed by atoms with Gasteiger partial charge in [-0.15, -0.1) is 11.3 Å². The summed E-state index contributed by atoms with van der Waals surface area (Å²) in [6.07, 6.45) is 3.09. The first-order valence-electron chi connectivity index (χ1n) is 9.95. The summed E-state index contributed by atoms with van der Waals surface area (Å²) in [6, 6.07) is 4.57. The lowest BCUT2D eigenvalue weighted by Gasteiger charge is -2.34. The molecule has 1 saturated heterocycles. The zero-order valence-electron chi connectivity index (χ0n) is 16.7. The van der Waals surface area contributed by atoms with E-state index in [0.29, 0.717) is 19.0 Å². The van der Waals surface area contributed by atoms with Gasteiger partial charge in [0.1, 0.15) is 10.6 Å². The van der Waals surface area contributed by atoms with Gasteiger partial charge in [-0.3, -0.25) is 4.79 Å². The summed E-state index contributed by atoms with van der Waals surface area (Å²) in [5.41, 5.74) is 2.76. The Morgan fingerprint density at radius 3 is 2.66 bits per heavy atom. The predicted molar refractivity (Wildman–Crippen MR) is 113 cm³/mol. The van der Waals surface area contributed by atoms with Crippen LogP contribution in [0.15, 0.2) is 28.5 Å². The monoisotopic (exact) mass is 434 g/mol. The number of phenols is 1. The molecular formula is C21H26N2O4S2. The molecule has 2 heterocycles. The van der Waals surface area contributed by atoms with Crippen molar-refractivity contribution in [2.24, 2.45) is 5.92 Å². The van der Waals surface area contributed by atoms with Crippen molar-refractivity contribution in [3.8, 4) is 5.75 Å². The Hall–Kier alpha value is -1.90. The van der Waals surface area contributed by atoms with E-state index >= 15 is 0 Å². The zero-order valence-corrected chi connectivity index (χ0v) is 18.4. The Labute approximate surface area is 175 Å². The minimum absolute atomic E-state index is 0.00695. The summed E-state index contributed by atoms with van der Waals surface area (Å²) in [7, 11) is -3.79. The number of benzene rings is 1. The van der Waals surface area contributed by atoms with E-state index in [-0.39, 0.29) is 29.6 Å². The van der Waals surface area contributed by atoms with Gasteiger partial charge in [0, 0.05) is 36.4 Å². The van der Waals surface area contributed by atoms with E-state index in [0.717, 1.165) is 30.4 Å². The van der Waals surface area contributed by atoms with Crippen molar-refractivity contribution >= 4 is 27.3 Å². The maximum absolute atomic E-state index is 13.1. The number of piperazine rings is 1. The summed E-state index contributed by atoms with van der Waals surface area (Å²) in [5.74, 6) is 0.427. The number of amides is 1. The SMILES string of the molecule is Cc1ccc(O)c(S(=O)(=O)N2CCN(C(=O)c3csc4c3CCC(C)C4)CC2)c1. The van der Waals surface area contributed by atoms with Crippen molar-refractivity contribution in [3.63, 3.8) is 0 Å². The molecule has 1 aromatic carbocycles. The van der Waals surface area contributed by atoms with Gasteiger partial charge in [-0.25, -0.2) is 8.42 Å². The van der Waals surface area contributed by atoms with E-state index in [1.165, 1.54) is 26.9 Å². The fourth-order valence-electron chi connectivity index (χ4n) is 4.13. The van der Waals surface area contributed by atoms with Gasteiger partial charge < -0.3 is 10.0 Å². The largest absolute Gasteiger partial charge is 0.507 e. The van der Waals surface area contributed by atoms with Crippen molar-refractivity contribution < 1.29 is 18.3 Å². The fourth-order valence-corrected chi connectivity index (χ4v) is 6.95. The molecule has 1 aliphatic carbocycles. The van der Waals surface area contributed by atoms with Crippen LogP contribution in [0.2, 0.25) is 0 Å². The van der Waals surface area contributed by atoms with Crippen LogP contribution < -0.4 is 0 Å². The molecule has 29 heavy (non-hydrogen) atoms. The predicted octanol–water partition coefficient (Wildman–Crippen LogP) is 3.03. The number of fused-ring (bicyclic) bond motifs is 1. The number of aryl methyl sites for hydroxylation is 1. The Morgan fingerprint density at radius 1 is 1.21 bits per heavy atom. The van der Waals surface area contributed by atoms with Crippen LogP contribution in [-0.4, -0.2) is 54.8 Å². The van der Waals surface area contributed by atoms with Crippen LogP contribution in [-0.2, 0) is 22.9 Å². The first kappa shape index (κ1) is 20.4. The summed E-state index contributed by atoms with van der Waals surface area (Å²) in [6.45, 7) is 5.19. The Bertz CT molecular complexity index is 1040. The van der Waals surface area contributed by atoms with Gasteiger partial charge in [-0.1, -0.05) is 13.0 Å². The highest BCUT2D eigenvalue weighted by Crippen LogP contribution is 2.34. The van der Waals surface area contributed by atoms with Crippen LogP contribution in [0, 0.1) is 12.8 Å². The molecule has 0 saturated carbocycles. The van der Waals surface area contributed by atoms with Crippen LogP contribution >= 0.6 is 11.3 Å². The minimum Gasteiger partial charge on any atom is -0.507 e. The van der Waals surface area contributed by atoms with Crippen molar-refractivity contribution in [1.29, 1.82) is 0 Å². The van der Waals surface area contributed by atoms with Gasteiger partial charge in [0.05, 0.1) is 5.56 Å². The van der Waals surface area contributed by atoms with Gasteiger partial charge in [-0.05, 0) is 55.4 Å². The molecule has 0 spiro atoms. The van der Waals surface area contributed by atoms with Gasteiger partial charge in [0.15, 0.2) is 0 Å².